The van der Waals surface area contributed by atoms with Gasteiger partial charge < -0.3 is 15.1 Å². The Bertz CT molecular complexity index is 1030. The van der Waals surface area contributed by atoms with E-state index in [1.54, 1.807) is 0 Å². The summed E-state index contributed by atoms with van der Waals surface area (Å²) in [5.41, 5.74) is 2.90. The van der Waals surface area contributed by atoms with Crippen molar-refractivity contribution in [2.45, 2.75) is 6.54 Å². The van der Waals surface area contributed by atoms with Gasteiger partial charge in [-0.15, -0.1) is 0 Å². The molecule has 0 bridgehead atoms. The highest BCUT2D eigenvalue weighted by Crippen LogP contribution is 2.13. The molecule has 3 aromatic rings. The van der Waals surface area contributed by atoms with Crippen LogP contribution in [0.25, 0.3) is 11.4 Å². The Morgan fingerprint density at radius 2 is 1.52 bits per heavy atom. The van der Waals surface area contributed by atoms with Crippen LogP contribution < -0.4 is 5.32 Å². The van der Waals surface area contributed by atoms with Crippen molar-refractivity contribution in [3.63, 3.8) is 0 Å². The number of nitrogens with one attached hydrogen (secondary N) is 1. The highest BCUT2D eigenvalue weighted by atomic mass is 16.2. The van der Waals surface area contributed by atoms with Gasteiger partial charge in [0.15, 0.2) is 5.82 Å². The van der Waals surface area contributed by atoms with E-state index in [-0.39, 0.29) is 11.8 Å². The van der Waals surface area contributed by atoms with Crippen LogP contribution in [-0.2, 0) is 6.54 Å². The number of aromatic nitrogens is 2. The second-order valence-corrected chi connectivity index (χ2v) is 7.64. The number of nitrogens with zero attached hydrogens (tertiary/aromatic N) is 4. The lowest BCUT2D eigenvalue weighted by Crippen LogP contribution is -2.47. The zero-order valence-electron chi connectivity index (χ0n) is 17.5. The Balaban J connectivity index is 1.32. The molecule has 0 atom stereocenters. The molecular weight excluding hydrogens is 390 g/mol. The molecule has 158 valence electrons. The van der Waals surface area contributed by atoms with Gasteiger partial charge in [0.1, 0.15) is 0 Å². The van der Waals surface area contributed by atoms with Gasteiger partial charge in [-0.05, 0) is 24.7 Å². The fraction of sp³-hybridized carbons (Fsp3) is 0.250. The van der Waals surface area contributed by atoms with Crippen LogP contribution in [0.15, 0.2) is 67.0 Å². The van der Waals surface area contributed by atoms with Crippen molar-refractivity contribution in [2.75, 3.05) is 33.2 Å². The van der Waals surface area contributed by atoms with Gasteiger partial charge in [0, 0.05) is 56.2 Å². The molecule has 1 N–H and O–H groups in total. The minimum absolute atomic E-state index is 0.0549. The van der Waals surface area contributed by atoms with Gasteiger partial charge in [-0.25, -0.2) is 9.97 Å². The van der Waals surface area contributed by atoms with E-state index in [0.717, 1.165) is 37.3 Å². The fourth-order valence-corrected chi connectivity index (χ4v) is 3.42. The first-order chi connectivity index (χ1) is 15.1. The smallest absolute Gasteiger partial charge is 0.254 e. The number of hydrogen-bond acceptors (Lipinski definition) is 5. The van der Waals surface area contributed by atoms with E-state index in [1.807, 2.05) is 59.5 Å². The molecule has 1 saturated heterocycles. The van der Waals surface area contributed by atoms with E-state index in [0.29, 0.717) is 23.5 Å². The normalized spacial score (nSPS) is 14.3. The average molecular weight is 415 g/mol. The zero-order chi connectivity index (χ0) is 21.6. The minimum Gasteiger partial charge on any atom is -0.348 e. The van der Waals surface area contributed by atoms with Gasteiger partial charge in [-0.2, -0.15) is 0 Å². The Hall–Kier alpha value is -3.58. The molecule has 1 aliphatic heterocycles. The van der Waals surface area contributed by atoms with Gasteiger partial charge in [-0.1, -0.05) is 42.5 Å². The number of hydrogen-bond donors (Lipinski definition) is 1. The van der Waals surface area contributed by atoms with Crippen molar-refractivity contribution >= 4 is 11.8 Å². The highest BCUT2D eigenvalue weighted by Gasteiger charge is 2.20. The maximum atomic E-state index is 12.6. The van der Waals surface area contributed by atoms with Crippen molar-refractivity contribution < 1.29 is 9.59 Å². The third-order valence-electron chi connectivity index (χ3n) is 5.39. The lowest BCUT2D eigenvalue weighted by Gasteiger charge is -2.32. The predicted molar refractivity (Wildman–Crippen MR) is 118 cm³/mol. The van der Waals surface area contributed by atoms with E-state index in [4.69, 9.17) is 0 Å². The van der Waals surface area contributed by atoms with Crippen molar-refractivity contribution in [1.82, 2.24) is 25.1 Å². The second kappa shape index (κ2) is 9.49. The minimum atomic E-state index is -0.239. The van der Waals surface area contributed by atoms with Gasteiger partial charge in [0.05, 0.1) is 5.56 Å². The Kier molecular flexibility index (Phi) is 6.33. The molecule has 2 aromatic carbocycles. The molecule has 1 aromatic heterocycles. The number of piperazine rings is 1. The molecule has 0 aliphatic carbocycles. The Morgan fingerprint density at radius 3 is 2.16 bits per heavy atom. The lowest BCUT2D eigenvalue weighted by molar-refractivity contribution is 0.0664. The summed E-state index contributed by atoms with van der Waals surface area (Å²) in [5.74, 6) is 0.397. The van der Waals surface area contributed by atoms with E-state index < -0.39 is 0 Å². The van der Waals surface area contributed by atoms with Crippen LogP contribution in [0.3, 0.4) is 0 Å². The summed E-state index contributed by atoms with van der Waals surface area (Å²) in [6.07, 6.45) is 3.06. The molecule has 0 unspecified atom stereocenters. The van der Waals surface area contributed by atoms with E-state index >= 15 is 0 Å². The van der Waals surface area contributed by atoms with Crippen molar-refractivity contribution in [1.29, 1.82) is 0 Å². The highest BCUT2D eigenvalue weighted by molar-refractivity contribution is 5.94. The third-order valence-corrected chi connectivity index (χ3v) is 5.39. The molecule has 31 heavy (non-hydrogen) atoms. The summed E-state index contributed by atoms with van der Waals surface area (Å²) in [6, 6.07) is 17.0. The molecule has 2 heterocycles. The molecule has 2 amide bonds. The predicted octanol–water partition coefficient (Wildman–Crippen LogP) is 2.46. The molecular formula is C24H25N5O2. The Morgan fingerprint density at radius 1 is 0.871 bits per heavy atom. The topological polar surface area (TPSA) is 78.4 Å². The second-order valence-electron chi connectivity index (χ2n) is 7.64. The van der Waals surface area contributed by atoms with Crippen LogP contribution in [0.2, 0.25) is 0 Å². The summed E-state index contributed by atoms with van der Waals surface area (Å²) in [5, 5.41) is 2.87. The van der Waals surface area contributed by atoms with Gasteiger partial charge in [0.25, 0.3) is 11.8 Å². The van der Waals surface area contributed by atoms with Gasteiger partial charge in [0.2, 0.25) is 0 Å². The molecule has 7 nitrogen and oxygen atoms in total. The van der Waals surface area contributed by atoms with E-state index in [1.165, 1.54) is 12.4 Å². The summed E-state index contributed by atoms with van der Waals surface area (Å²) in [6.45, 7) is 3.65. The van der Waals surface area contributed by atoms with Crippen LogP contribution in [0, 0.1) is 0 Å². The molecule has 1 aliphatic rings. The largest absolute Gasteiger partial charge is 0.348 e. The first-order valence-electron chi connectivity index (χ1n) is 10.3. The maximum absolute atomic E-state index is 12.6. The number of likely N-dealkylation sites (N-methyl/N-ethyl adjacent to an activating group) is 1. The standard InChI is InChI=1S/C24H25N5O2/c1-28-11-13-29(14-12-28)24(31)20-9-7-18(8-10-20)15-27-23(30)21-16-25-22(26-17-21)19-5-3-2-4-6-19/h2-10,16-17H,11-15H2,1H3,(H,27,30). The van der Waals surface area contributed by atoms with Crippen LogP contribution in [0.5, 0.6) is 0 Å². The number of amides is 2. The number of carbonyl (C=O) groups is 2. The van der Waals surface area contributed by atoms with Crippen molar-refractivity contribution in [2.24, 2.45) is 0 Å². The monoisotopic (exact) mass is 415 g/mol. The molecule has 0 saturated carbocycles. The first-order valence-corrected chi connectivity index (χ1v) is 10.3. The number of carbonyl (C=O) groups excluding carboxylic acids is 2. The molecule has 4 rings (SSSR count). The van der Waals surface area contributed by atoms with E-state index in [9.17, 15) is 9.59 Å². The van der Waals surface area contributed by atoms with Gasteiger partial charge >= 0.3 is 0 Å². The third kappa shape index (κ3) is 5.13. The number of rotatable bonds is 5. The van der Waals surface area contributed by atoms with Crippen LogP contribution in [-0.4, -0.2) is 64.8 Å². The summed E-state index contributed by atoms with van der Waals surface area (Å²) < 4.78 is 0. The average Bonchev–Trinajstić information content (AvgIpc) is 2.83. The fourth-order valence-electron chi connectivity index (χ4n) is 3.42. The van der Waals surface area contributed by atoms with Gasteiger partial charge in [-0.3, -0.25) is 9.59 Å². The van der Waals surface area contributed by atoms with Crippen molar-refractivity contribution in [3.05, 3.63) is 83.7 Å². The molecule has 7 heteroatoms. The van der Waals surface area contributed by atoms with Crippen LogP contribution >= 0.6 is 0 Å². The SMILES string of the molecule is CN1CCN(C(=O)c2ccc(CNC(=O)c3cnc(-c4ccccc4)nc3)cc2)CC1. The van der Waals surface area contributed by atoms with E-state index in [2.05, 4.69) is 27.2 Å². The lowest BCUT2D eigenvalue weighted by atomic mass is 10.1. The summed E-state index contributed by atoms with van der Waals surface area (Å²) in [4.78, 5) is 37.7. The maximum Gasteiger partial charge on any atom is 0.254 e. The molecule has 1 fully saturated rings. The van der Waals surface area contributed by atoms with Crippen molar-refractivity contribution in [3.8, 4) is 11.4 Å². The van der Waals surface area contributed by atoms with Crippen LogP contribution in [0.1, 0.15) is 26.3 Å². The quantitative estimate of drug-likeness (QED) is 0.693. The molecule has 0 radical (unpaired) electrons. The Labute approximate surface area is 181 Å². The van der Waals surface area contributed by atoms with Crippen LogP contribution in [0.4, 0.5) is 0 Å². The number of benzene rings is 2. The first kappa shape index (κ1) is 20.7. The molecule has 0 spiro atoms. The zero-order valence-corrected chi connectivity index (χ0v) is 17.5. The summed E-state index contributed by atoms with van der Waals surface area (Å²) in [7, 11) is 2.06. The summed E-state index contributed by atoms with van der Waals surface area (Å²) >= 11 is 0.